The van der Waals surface area contributed by atoms with Gasteiger partial charge in [0.05, 0.1) is 12.5 Å². The zero-order valence-electron chi connectivity index (χ0n) is 13.3. The third-order valence-corrected chi connectivity index (χ3v) is 3.91. The molecule has 5 heteroatoms. The number of piperidine rings is 1. The molecule has 2 unspecified atom stereocenters. The lowest BCUT2D eigenvalue weighted by molar-refractivity contribution is -0.123. The number of aryl methyl sites for hydroxylation is 1. The molecule has 0 aliphatic carbocycles. The van der Waals surface area contributed by atoms with Crippen LogP contribution in [0.25, 0.3) is 0 Å². The first kappa shape index (κ1) is 16.5. The molecule has 0 spiro atoms. The van der Waals surface area contributed by atoms with E-state index in [1.54, 1.807) is 0 Å². The van der Waals surface area contributed by atoms with E-state index >= 15 is 0 Å². The van der Waals surface area contributed by atoms with Crippen LogP contribution in [-0.4, -0.2) is 30.9 Å². The molecule has 0 radical (unpaired) electrons. The summed E-state index contributed by atoms with van der Waals surface area (Å²) in [6, 6.07) is 7.82. The maximum Gasteiger partial charge on any atom is 0.222 e. The predicted octanol–water partition coefficient (Wildman–Crippen LogP) is 1.43. The number of rotatable bonds is 5. The van der Waals surface area contributed by atoms with Crippen LogP contribution in [0.2, 0.25) is 0 Å². The lowest BCUT2D eigenvalue weighted by Gasteiger charge is -2.25. The smallest absolute Gasteiger partial charge is 0.222 e. The molecule has 1 saturated heterocycles. The highest BCUT2D eigenvalue weighted by atomic mass is 16.2. The maximum absolute atomic E-state index is 12.3. The zero-order valence-corrected chi connectivity index (χ0v) is 13.3. The number of carbonyl (C=O) groups excluding carboxylic acids is 2. The molecule has 2 amide bonds. The number of hydrogen-bond donors (Lipinski definition) is 3. The predicted molar refractivity (Wildman–Crippen MR) is 86.4 cm³/mol. The fraction of sp³-hybridized carbons (Fsp3) is 0.529. The summed E-state index contributed by atoms with van der Waals surface area (Å²) >= 11 is 0. The van der Waals surface area contributed by atoms with Crippen LogP contribution in [0.1, 0.15) is 43.4 Å². The van der Waals surface area contributed by atoms with Gasteiger partial charge < -0.3 is 16.0 Å². The van der Waals surface area contributed by atoms with Crippen LogP contribution in [0, 0.1) is 6.92 Å². The Morgan fingerprint density at radius 3 is 2.64 bits per heavy atom. The van der Waals surface area contributed by atoms with Crippen LogP contribution in [0.3, 0.4) is 0 Å². The second-order valence-corrected chi connectivity index (χ2v) is 5.98. The summed E-state index contributed by atoms with van der Waals surface area (Å²) in [6.45, 7) is 5.33. The molecular weight excluding hydrogens is 278 g/mol. The van der Waals surface area contributed by atoms with Crippen molar-refractivity contribution in [2.45, 2.75) is 45.2 Å². The summed E-state index contributed by atoms with van der Waals surface area (Å²) in [5, 5.41) is 9.20. The summed E-state index contributed by atoms with van der Waals surface area (Å²) in [5.41, 5.74) is 2.11. The molecule has 5 nitrogen and oxygen atoms in total. The Balaban J connectivity index is 1.97. The molecule has 1 aromatic rings. The van der Waals surface area contributed by atoms with Gasteiger partial charge in [-0.3, -0.25) is 9.59 Å². The number of nitrogens with one attached hydrogen (secondary N) is 3. The summed E-state index contributed by atoms with van der Waals surface area (Å²) in [5.74, 6) is -0.147. The van der Waals surface area contributed by atoms with E-state index in [2.05, 4.69) is 16.0 Å². The molecule has 0 saturated carbocycles. The molecular formula is C17H25N3O2. The van der Waals surface area contributed by atoms with Crippen molar-refractivity contribution in [3.63, 3.8) is 0 Å². The van der Waals surface area contributed by atoms with E-state index in [-0.39, 0.29) is 30.3 Å². The Hall–Kier alpha value is -1.88. The molecule has 1 heterocycles. The third-order valence-electron chi connectivity index (χ3n) is 3.91. The van der Waals surface area contributed by atoms with Gasteiger partial charge in [-0.05, 0) is 31.9 Å². The third kappa shape index (κ3) is 5.15. The average molecular weight is 303 g/mol. The van der Waals surface area contributed by atoms with Crippen LogP contribution in [0.15, 0.2) is 24.3 Å². The second-order valence-electron chi connectivity index (χ2n) is 5.98. The van der Waals surface area contributed by atoms with Gasteiger partial charge in [0.15, 0.2) is 0 Å². The van der Waals surface area contributed by atoms with Crippen LogP contribution in [0.5, 0.6) is 0 Å². The zero-order chi connectivity index (χ0) is 15.9. The quantitative estimate of drug-likeness (QED) is 0.771. The largest absolute Gasteiger partial charge is 0.352 e. The van der Waals surface area contributed by atoms with Gasteiger partial charge in [0.1, 0.15) is 0 Å². The van der Waals surface area contributed by atoms with E-state index < -0.39 is 0 Å². The average Bonchev–Trinajstić information content (AvgIpc) is 2.48. The minimum atomic E-state index is -0.283. The van der Waals surface area contributed by atoms with Crippen molar-refractivity contribution in [3.8, 4) is 0 Å². The van der Waals surface area contributed by atoms with E-state index in [1.807, 2.05) is 31.2 Å². The van der Waals surface area contributed by atoms with Crippen molar-refractivity contribution in [3.05, 3.63) is 35.4 Å². The Morgan fingerprint density at radius 2 is 2.05 bits per heavy atom. The molecule has 2 atom stereocenters. The van der Waals surface area contributed by atoms with Gasteiger partial charge in [-0.15, -0.1) is 0 Å². The molecule has 2 rings (SSSR count). The fourth-order valence-electron chi connectivity index (χ4n) is 2.74. The minimum absolute atomic E-state index is 0.0203. The van der Waals surface area contributed by atoms with E-state index in [1.165, 1.54) is 6.92 Å². The van der Waals surface area contributed by atoms with Crippen molar-refractivity contribution in [1.82, 2.24) is 16.0 Å². The van der Waals surface area contributed by atoms with Crippen LogP contribution >= 0.6 is 0 Å². The molecule has 1 aromatic carbocycles. The summed E-state index contributed by atoms with van der Waals surface area (Å²) in [4.78, 5) is 23.7. The summed E-state index contributed by atoms with van der Waals surface area (Å²) in [6.07, 6.45) is 2.35. The van der Waals surface area contributed by atoms with E-state index in [4.69, 9.17) is 0 Å². The van der Waals surface area contributed by atoms with Crippen molar-refractivity contribution in [2.24, 2.45) is 0 Å². The standard InChI is InChI=1S/C17H25N3O2/c1-12-5-7-14(8-6-12)16(19-13(2)21)10-17(22)20-15-4-3-9-18-11-15/h5-8,15-16,18H,3-4,9-11H2,1-2H3,(H,19,21)(H,20,22). The monoisotopic (exact) mass is 303 g/mol. The Morgan fingerprint density at radius 1 is 1.32 bits per heavy atom. The lowest BCUT2D eigenvalue weighted by atomic mass is 10.0. The van der Waals surface area contributed by atoms with Crippen molar-refractivity contribution in [2.75, 3.05) is 13.1 Å². The van der Waals surface area contributed by atoms with Crippen LogP contribution < -0.4 is 16.0 Å². The first-order valence-electron chi connectivity index (χ1n) is 7.88. The van der Waals surface area contributed by atoms with Crippen LogP contribution in [-0.2, 0) is 9.59 Å². The molecule has 1 fully saturated rings. The SMILES string of the molecule is CC(=O)NC(CC(=O)NC1CCCNC1)c1ccc(C)cc1. The molecule has 1 aliphatic rings. The van der Waals surface area contributed by atoms with Gasteiger partial charge in [-0.25, -0.2) is 0 Å². The van der Waals surface area contributed by atoms with Gasteiger partial charge in [0.2, 0.25) is 11.8 Å². The van der Waals surface area contributed by atoms with Crippen molar-refractivity contribution < 1.29 is 9.59 Å². The highest BCUT2D eigenvalue weighted by Gasteiger charge is 2.20. The fourth-order valence-corrected chi connectivity index (χ4v) is 2.74. The molecule has 0 bridgehead atoms. The molecule has 22 heavy (non-hydrogen) atoms. The number of carbonyl (C=O) groups is 2. The Bertz CT molecular complexity index is 507. The highest BCUT2D eigenvalue weighted by Crippen LogP contribution is 2.18. The topological polar surface area (TPSA) is 70.2 Å². The van der Waals surface area contributed by atoms with Gasteiger partial charge >= 0.3 is 0 Å². The normalized spacial score (nSPS) is 19.3. The van der Waals surface area contributed by atoms with Gasteiger partial charge in [0.25, 0.3) is 0 Å². The summed E-state index contributed by atoms with van der Waals surface area (Å²) < 4.78 is 0. The molecule has 0 aromatic heterocycles. The second kappa shape index (κ2) is 7.94. The molecule has 3 N–H and O–H groups in total. The minimum Gasteiger partial charge on any atom is -0.352 e. The number of benzene rings is 1. The van der Waals surface area contributed by atoms with E-state index in [0.717, 1.165) is 37.1 Å². The summed E-state index contributed by atoms with van der Waals surface area (Å²) in [7, 11) is 0. The Kier molecular flexibility index (Phi) is 5.95. The lowest BCUT2D eigenvalue weighted by Crippen LogP contribution is -2.46. The molecule has 120 valence electrons. The van der Waals surface area contributed by atoms with Crippen molar-refractivity contribution >= 4 is 11.8 Å². The van der Waals surface area contributed by atoms with Gasteiger partial charge in [0, 0.05) is 19.5 Å². The van der Waals surface area contributed by atoms with E-state index in [0.29, 0.717) is 0 Å². The van der Waals surface area contributed by atoms with E-state index in [9.17, 15) is 9.59 Å². The maximum atomic E-state index is 12.3. The number of hydrogen-bond acceptors (Lipinski definition) is 3. The van der Waals surface area contributed by atoms with Crippen molar-refractivity contribution in [1.29, 1.82) is 0 Å². The first-order valence-corrected chi connectivity index (χ1v) is 7.88. The Labute approximate surface area is 131 Å². The first-order chi connectivity index (χ1) is 10.5. The number of amides is 2. The van der Waals surface area contributed by atoms with Crippen LogP contribution in [0.4, 0.5) is 0 Å². The van der Waals surface area contributed by atoms with Gasteiger partial charge in [-0.2, -0.15) is 0 Å². The van der Waals surface area contributed by atoms with Gasteiger partial charge in [-0.1, -0.05) is 29.8 Å². The molecule has 1 aliphatic heterocycles. The highest BCUT2D eigenvalue weighted by molar-refractivity contribution is 5.79.